The van der Waals surface area contributed by atoms with Crippen molar-refractivity contribution in [1.29, 1.82) is 0 Å². The largest absolute Gasteiger partial charge is 0.481 e. The molecule has 2 aliphatic heterocycles. The molecule has 0 aromatic heterocycles. The molecule has 130 valence electrons. The van der Waals surface area contributed by atoms with E-state index in [-0.39, 0.29) is 6.42 Å². The lowest BCUT2D eigenvalue weighted by Gasteiger charge is -2.22. The standard InChI is InChI=1S/C13H12ClFN2O6S/c14-8-4-12(9(15)5-11(8)17(20)21)24(22,23)16-6-1-2-10(16)7(3-6)13(18)19/h4-7,10H,1-3H2,(H,18,19). The molecule has 24 heavy (non-hydrogen) atoms. The van der Waals surface area contributed by atoms with Crippen LogP contribution >= 0.6 is 11.6 Å². The van der Waals surface area contributed by atoms with Crippen molar-refractivity contribution in [3.63, 3.8) is 0 Å². The van der Waals surface area contributed by atoms with Crippen LogP contribution in [0.2, 0.25) is 5.02 Å². The van der Waals surface area contributed by atoms with Gasteiger partial charge in [-0.25, -0.2) is 12.8 Å². The van der Waals surface area contributed by atoms with Crippen LogP contribution in [0.25, 0.3) is 0 Å². The van der Waals surface area contributed by atoms with Gasteiger partial charge in [0.1, 0.15) is 15.7 Å². The van der Waals surface area contributed by atoms with Gasteiger partial charge in [0.05, 0.1) is 16.9 Å². The number of carboxylic acid groups (broad SMARTS) is 1. The number of sulfonamides is 1. The Morgan fingerprint density at radius 1 is 1.42 bits per heavy atom. The first kappa shape index (κ1) is 17.1. The molecule has 0 radical (unpaired) electrons. The molecule has 2 saturated heterocycles. The first-order chi connectivity index (χ1) is 11.1. The van der Waals surface area contributed by atoms with E-state index in [9.17, 15) is 32.8 Å². The molecule has 1 aromatic carbocycles. The van der Waals surface area contributed by atoms with Crippen LogP contribution in [0.5, 0.6) is 0 Å². The molecule has 2 bridgehead atoms. The van der Waals surface area contributed by atoms with Gasteiger partial charge in [0.2, 0.25) is 10.0 Å². The van der Waals surface area contributed by atoms with E-state index in [1.807, 2.05) is 0 Å². The molecular weight excluding hydrogens is 367 g/mol. The quantitative estimate of drug-likeness (QED) is 0.632. The number of carboxylic acids is 1. The Labute approximate surface area is 141 Å². The molecule has 1 aromatic rings. The number of nitrogens with zero attached hydrogens (tertiary/aromatic N) is 2. The topological polar surface area (TPSA) is 118 Å². The molecule has 2 heterocycles. The van der Waals surface area contributed by atoms with Crippen LogP contribution < -0.4 is 0 Å². The minimum Gasteiger partial charge on any atom is -0.481 e. The number of nitro groups is 1. The summed E-state index contributed by atoms with van der Waals surface area (Å²) in [5.74, 6) is -3.22. The normalized spacial score (nSPS) is 26.7. The third kappa shape index (κ3) is 2.45. The highest BCUT2D eigenvalue weighted by Crippen LogP contribution is 2.45. The molecule has 0 spiro atoms. The molecule has 11 heteroatoms. The Kier molecular flexibility index (Phi) is 4.01. The average molecular weight is 379 g/mol. The van der Waals surface area contributed by atoms with Crippen molar-refractivity contribution < 1.29 is 27.6 Å². The van der Waals surface area contributed by atoms with Crippen molar-refractivity contribution in [3.05, 3.63) is 33.1 Å². The summed E-state index contributed by atoms with van der Waals surface area (Å²) in [6.45, 7) is 0. The lowest BCUT2D eigenvalue weighted by atomic mass is 9.89. The first-order valence-corrected chi connectivity index (χ1v) is 8.86. The van der Waals surface area contributed by atoms with Crippen LogP contribution in [0.15, 0.2) is 17.0 Å². The highest BCUT2D eigenvalue weighted by atomic mass is 35.5. The summed E-state index contributed by atoms with van der Waals surface area (Å²) in [6.07, 6.45) is 1.04. The van der Waals surface area contributed by atoms with E-state index in [4.69, 9.17) is 11.6 Å². The summed E-state index contributed by atoms with van der Waals surface area (Å²) >= 11 is 5.69. The van der Waals surface area contributed by atoms with Crippen LogP contribution in [0, 0.1) is 21.8 Å². The Hall–Kier alpha value is -1.78. The number of halogens is 2. The highest BCUT2D eigenvalue weighted by molar-refractivity contribution is 7.89. The van der Waals surface area contributed by atoms with Gasteiger partial charge >= 0.3 is 5.97 Å². The molecule has 3 atom stereocenters. The maximum atomic E-state index is 14.2. The number of nitro benzene ring substituents is 1. The molecular formula is C13H12ClFN2O6S. The molecule has 2 aliphatic rings. The number of fused-ring (bicyclic) bond motifs is 2. The zero-order valence-corrected chi connectivity index (χ0v) is 13.6. The van der Waals surface area contributed by atoms with E-state index in [0.717, 1.165) is 4.31 Å². The summed E-state index contributed by atoms with van der Waals surface area (Å²) in [4.78, 5) is 20.3. The zero-order chi connectivity index (χ0) is 17.8. The predicted molar refractivity (Wildman–Crippen MR) is 79.6 cm³/mol. The van der Waals surface area contributed by atoms with Gasteiger partial charge in [-0.15, -0.1) is 0 Å². The van der Waals surface area contributed by atoms with Gasteiger partial charge in [0.15, 0.2) is 0 Å². The fourth-order valence-corrected chi connectivity index (χ4v) is 5.84. The summed E-state index contributed by atoms with van der Waals surface area (Å²) in [5.41, 5.74) is -0.735. The first-order valence-electron chi connectivity index (χ1n) is 7.04. The van der Waals surface area contributed by atoms with Crippen molar-refractivity contribution in [2.24, 2.45) is 5.92 Å². The van der Waals surface area contributed by atoms with E-state index in [1.165, 1.54) is 0 Å². The Balaban J connectivity index is 2.05. The number of carbonyl (C=O) groups is 1. The fourth-order valence-electron chi connectivity index (χ4n) is 3.55. The number of rotatable bonds is 4. The summed E-state index contributed by atoms with van der Waals surface area (Å²) in [5, 5.41) is 19.4. The lowest BCUT2D eigenvalue weighted by Crippen LogP contribution is -2.38. The molecule has 3 rings (SSSR count). The van der Waals surface area contributed by atoms with E-state index in [2.05, 4.69) is 0 Å². The molecule has 2 fully saturated rings. The predicted octanol–water partition coefficient (Wildman–Crippen LogP) is 2.01. The van der Waals surface area contributed by atoms with Crippen molar-refractivity contribution in [2.75, 3.05) is 0 Å². The van der Waals surface area contributed by atoms with E-state index in [0.29, 0.717) is 25.0 Å². The van der Waals surface area contributed by atoms with Crippen LogP contribution in [0.4, 0.5) is 10.1 Å². The molecule has 0 aliphatic carbocycles. The van der Waals surface area contributed by atoms with Crippen molar-refractivity contribution in [2.45, 2.75) is 36.2 Å². The van der Waals surface area contributed by atoms with Gasteiger partial charge in [-0.05, 0) is 25.3 Å². The minimum atomic E-state index is -4.35. The van der Waals surface area contributed by atoms with Crippen molar-refractivity contribution in [1.82, 2.24) is 4.31 Å². The SMILES string of the molecule is O=C(O)C1CC2CCC1N2S(=O)(=O)c1cc(Cl)c([N+](=O)[O-])cc1F. The van der Waals surface area contributed by atoms with Crippen LogP contribution in [0.1, 0.15) is 19.3 Å². The minimum absolute atomic E-state index is 0.168. The van der Waals surface area contributed by atoms with Crippen LogP contribution in [0.3, 0.4) is 0 Å². The van der Waals surface area contributed by atoms with Gasteiger partial charge < -0.3 is 5.11 Å². The van der Waals surface area contributed by atoms with Crippen LogP contribution in [-0.4, -0.2) is 40.8 Å². The monoisotopic (exact) mass is 378 g/mol. The number of hydrogen-bond donors (Lipinski definition) is 1. The van der Waals surface area contributed by atoms with Gasteiger partial charge in [-0.2, -0.15) is 4.31 Å². The number of benzene rings is 1. The molecule has 0 saturated carbocycles. The zero-order valence-electron chi connectivity index (χ0n) is 12.1. The molecule has 0 amide bonds. The maximum absolute atomic E-state index is 14.2. The van der Waals surface area contributed by atoms with Gasteiger partial charge in [-0.3, -0.25) is 14.9 Å². The Morgan fingerprint density at radius 3 is 2.62 bits per heavy atom. The summed E-state index contributed by atoms with van der Waals surface area (Å²) in [7, 11) is -4.35. The fraction of sp³-hybridized carbons (Fsp3) is 0.462. The van der Waals surface area contributed by atoms with Crippen molar-refractivity contribution >= 4 is 33.3 Å². The van der Waals surface area contributed by atoms with Gasteiger partial charge in [-0.1, -0.05) is 11.6 Å². The number of aliphatic carboxylic acids is 1. The van der Waals surface area contributed by atoms with Crippen molar-refractivity contribution in [3.8, 4) is 0 Å². The second-order valence-electron chi connectivity index (χ2n) is 5.81. The third-order valence-electron chi connectivity index (χ3n) is 4.54. The smallest absolute Gasteiger partial charge is 0.308 e. The highest BCUT2D eigenvalue weighted by Gasteiger charge is 2.55. The lowest BCUT2D eigenvalue weighted by molar-refractivity contribution is -0.384. The second kappa shape index (κ2) is 5.64. The summed E-state index contributed by atoms with van der Waals surface area (Å²) < 4.78 is 40.8. The summed E-state index contributed by atoms with van der Waals surface area (Å²) in [6, 6.07) is -0.0971. The van der Waals surface area contributed by atoms with Gasteiger partial charge in [0, 0.05) is 12.1 Å². The Morgan fingerprint density at radius 2 is 2.08 bits per heavy atom. The third-order valence-corrected chi connectivity index (χ3v) is 6.84. The van der Waals surface area contributed by atoms with E-state index < -0.39 is 60.3 Å². The second-order valence-corrected chi connectivity index (χ2v) is 8.02. The number of hydrogen-bond acceptors (Lipinski definition) is 5. The van der Waals surface area contributed by atoms with E-state index in [1.54, 1.807) is 0 Å². The Bertz CT molecular complexity index is 845. The average Bonchev–Trinajstić information content (AvgIpc) is 3.07. The van der Waals surface area contributed by atoms with E-state index >= 15 is 0 Å². The molecule has 3 unspecified atom stereocenters. The van der Waals surface area contributed by atoms with Crippen LogP contribution in [-0.2, 0) is 14.8 Å². The molecule has 8 nitrogen and oxygen atoms in total. The molecule has 1 N–H and O–H groups in total. The van der Waals surface area contributed by atoms with Gasteiger partial charge in [0.25, 0.3) is 5.69 Å². The maximum Gasteiger partial charge on any atom is 0.308 e.